The van der Waals surface area contributed by atoms with E-state index < -0.39 is 0 Å². The number of aryl methyl sites for hydroxylation is 1. The van der Waals surface area contributed by atoms with Crippen LogP contribution in [-0.4, -0.2) is 58.2 Å². The molecule has 10 nitrogen and oxygen atoms in total. The van der Waals surface area contributed by atoms with Crippen LogP contribution in [0.5, 0.6) is 5.75 Å². The van der Waals surface area contributed by atoms with E-state index in [1.165, 1.54) is 29.4 Å². The number of amides is 1. The normalized spacial score (nSPS) is 13.5. The third-order valence-corrected chi connectivity index (χ3v) is 8.93. The molecule has 2 aromatic heterocycles. The largest absolute Gasteiger partial charge is 0.496 e. The Bertz CT molecular complexity index is 1710. The molecule has 3 aromatic rings. The molecule has 50 heavy (non-hydrogen) atoms. The van der Waals surface area contributed by atoms with Crippen LogP contribution in [0.2, 0.25) is 5.15 Å². The number of pyridine rings is 1. The van der Waals surface area contributed by atoms with Crippen molar-refractivity contribution in [3.8, 4) is 5.75 Å². The van der Waals surface area contributed by atoms with Crippen molar-refractivity contribution in [2.45, 2.75) is 73.8 Å². The highest BCUT2D eigenvalue weighted by Crippen LogP contribution is 2.46. The second kappa shape index (κ2) is 18.1. The van der Waals surface area contributed by atoms with Gasteiger partial charge in [0.25, 0.3) is 0 Å². The Hall–Kier alpha value is -4.22. The number of rotatable bonds is 14. The van der Waals surface area contributed by atoms with Crippen molar-refractivity contribution in [2.75, 3.05) is 37.9 Å². The number of nitrogens with zero attached hydrogens (tertiary/aromatic N) is 5. The number of anilines is 2. The van der Waals surface area contributed by atoms with Gasteiger partial charge in [0.2, 0.25) is 11.9 Å². The lowest BCUT2D eigenvalue weighted by atomic mass is 9.67. The van der Waals surface area contributed by atoms with E-state index in [-0.39, 0.29) is 33.4 Å². The van der Waals surface area contributed by atoms with Crippen molar-refractivity contribution in [1.29, 1.82) is 5.41 Å². The molecule has 1 amide bonds. The summed E-state index contributed by atoms with van der Waals surface area (Å²) in [6, 6.07) is 8.12. The second-order valence-corrected chi connectivity index (χ2v) is 13.7. The molecule has 0 bridgehead atoms. The number of carbonyl (C=O) groups is 1. The Morgan fingerprint density at radius 1 is 1.18 bits per heavy atom. The van der Waals surface area contributed by atoms with E-state index in [2.05, 4.69) is 41.0 Å². The van der Waals surface area contributed by atoms with Crippen LogP contribution in [0.25, 0.3) is 0 Å². The summed E-state index contributed by atoms with van der Waals surface area (Å²) < 4.78 is 18.7. The van der Waals surface area contributed by atoms with Gasteiger partial charge < -0.3 is 20.7 Å². The molecule has 0 unspecified atom stereocenters. The van der Waals surface area contributed by atoms with E-state index in [1.807, 2.05) is 25.7 Å². The Kier molecular flexibility index (Phi) is 14.6. The molecule has 0 aliphatic heterocycles. The number of aromatic nitrogens is 3. The van der Waals surface area contributed by atoms with E-state index >= 15 is 0 Å². The second-order valence-electron chi connectivity index (χ2n) is 12.9. The minimum absolute atomic E-state index is 0.0546. The summed E-state index contributed by atoms with van der Waals surface area (Å²) in [7, 11) is 3.39. The smallest absolute Gasteiger partial charge is 0.228 e. The topological polar surface area (TPSA) is 133 Å². The van der Waals surface area contributed by atoms with Crippen LogP contribution in [0.15, 0.2) is 59.6 Å². The lowest BCUT2D eigenvalue weighted by Crippen LogP contribution is -2.42. The molecule has 0 saturated carbocycles. The van der Waals surface area contributed by atoms with Gasteiger partial charge in [0.15, 0.2) is 0 Å². The molecule has 0 saturated heterocycles. The molecular formula is C37H49Cl2FN8O2. The summed E-state index contributed by atoms with van der Waals surface area (Å²) in [5.41, 5.74) is 12.4. The molecule has 0 atom stereocenters. The lowest BCUT2D eigenvalue weighted by Gasteiger charge is -2.42. The van der Waals surface area contributed by atoms with Gasteiger partial charge in [0.1, 0.15) is 33.5 Å². The van der Waals surface area contributed by atoms with E-state index in [4.69, 9.17) is 39.1 Å². The van der Waals surface area contributed by atoms with E-state index in [1.54, 1.807) is 43.5 Å². The Labute approximate surface area is 305 Å². The van der Waals surface area contributed by atoms with Crippen molar-refractivity contribution >= 4 is 46.0 Å². The third-order valence-electron chi connectivity index (χ3n) is 8.63. The summed E-state index contributed by atoms with van der Waals surface area (Å²) in [4.78, 5) is 29.0. The van der Waals surface area contributed by atoms with Crippen molar-refractivity contribution in [3.05, 3.63) is 92.9 Å². The number of ether oxygens (including phenoxy) is 1. The van der Waals surface area contributed by atoms with Crippen molar-refractivity contribution in [3.63, 3.8) is 0 Å². The van der Waals surface area contributed by atoms with Gasteiger partial charge in [-0.3, -0.25) is 20.1 Å². The molecule has 270 valence electrons. The minimum Gasteiger partial charge on any atom is -0.496 e. The molecule has 4 rings (SSSR count). The highest BCUT2D eigenvalue weighted by molar-refractivity contribution is 6.67. The van der Waals surface area contributed by atoms with Gasteiger partial charge in [-0.2, -0.15) is 4.98 Å². The Morgan fingerprint density at radius 3 is 2.40 bits per heavy atom. The van der Waals surface area contributed by atoms with Crippen LogP contribution in [0.3, 0.4) is 0 Å². The lowest BCUT2D eigenvalue weighted by molar-refractivity contribution is -0.129. The first-order valence-electron chi connectivity index (χ1n) is 16.5. The maximum atomic E-state index is 13.2. The number of nitrogen functional groups attached to an aromatic ring is 1. The number of hydrogen-bond donors (Lipinski definition) is 3. The SMILES string of the molecule is CCCC(=O)N(CC1=C(C)CC1(C)C)/C(=C/C(=N)Cl)NC.COc1c(C)cnc(CN(CCc2ccc(F)cc2)c2cc(Cl)nc(N)n2)c1C. The van der Waals surface area contributed by atoms with Crippen molar-refractivity contribution < 1.29 is 13.9 Å². The number of nitrogens with one attached hydrogen (secondary N) is 2. The number of methoxy groups -OCH3 is 1. The molecule has 2 heterocycles. The molecular weight excluding hydrogens is 678 g/mol. The molecule has 0 fully saturated rings. The summed E-state index contributed by atoms with van der Waals surface area (Å²) in [5, 5.41) is 10.6. The summed E-state index contributed by atoms with van der Waals surface area (Å²) >= 11 is 11.8. The summed E-state index contributed by atoms with van der Waals surface area (Å²) in [6.45, 7) is 14.1. The van der Waals surface area contributed by atoms with Gasteiger partial charge in [-0.15, -0.1) is 0 Å². The first-order chi connectivity index (χ1) is 23.6. The first kappa shape index (κ1) is 40.2. The molecule has 4 N–H and O–H groups in total. The van der Waals surface area contributed by atoms with E-state index in [9.17, 15) is 9.18 Å². The van der Waals surface area contributed by atoms with Gasteiger partial charge in [-0.1, -0.05) is 61.7 Å². The molecule has 1 aliphatic carbocycles. The van der Waals surface area contributed by atoms with Crippen LogP contribution in [0, 0.1) is 30.5 Å². The molecule has 1 aromatic carbocycles. The van der Waals surface area contributed by atoms with E-state index in [0.717, 1.165) is 41.0 Å². The number of nitrogens with two attached hydrogens (primary N) is 1. The maximum Gasteiger partial charge on any atom is 0.228 e. The average molecular weight is 728 g/mol. The Morgan fingerprint density at radius 2 is 1.86 bits per heavy atom. The molecule has 0 spiro atoms. The van der Waals surface area contributed by atoms with Gasteiger partial charge in [-0.05, 0) is 68.7 Å². The first-order valence-corrected chi connectivity index (χ1v) is 17.3. The quantitative estimate of drug-likeness (QED) is 0.0872. The average Bonchev–Trinajstić information content (AvgIpc) is 3.04. The fourth-order valence-corrected chi connectivity index (χ4v) is 6.39. The summed E-state index contributed by atoms with van der Waals surface area (Å²) in [5.74, 6) is 1.90. The van der Waals surface area contributed by atoms with Crippen molar-refractivity contribution in [2.24, 2.45) is 5.41 Å². The van der Waals surface area contributed by atoms with Gasteiger partial charge in [-0.25, -0.2) is 9.37 Å². The molecule has 1 aliphatic rings. The van der Waals surface area contributed by atoms with Crippen LogP contribution < -0.4 is 20.7 Å². The predicted molar refractivity (Wildman–Crippen MR) is 201 cm³/mol. The maximum absolute atomic E-state index is 13.2. The number of carbonyl (C=O) groups excluding carboxylic acids is 1. The van der Waals surface area contributed by atoms with Gasteiger partial charge >= 0.3 is 0 Å². The zero-order valence-corrected chi connectivity index (χ0v) is 31.8. The summed E-state index contributed by atoms with van der Waals surface area (Å²) in [6.07, 6.45) is 6.32. The predicted octanol–water partition coefficient (Wildman–Crippen LogP) is 7.76. The van der Waals surface area contributed by atoms with Crippen LogP contribution in [0.1, 0.15) is 69.3 Å². The van der Waals surface area contributed by atoms with Crippen LogP contribution >= 0.6 is 23.2 Å². The highest BCUT2D eigenvalue weighted by Gasteiger charge is 2.36. The van der Waals surface area contributed by atoms with Crippen LogP contribution in [-0.2, 0) is 17.8 Å². The monoisotopic (exact) mass is 726 g/mol. The Balaban J connectivity index is 0.000000286. The molecule has 0 radical (unpaired) electrons. The van der Waals surface area contributed by atoms with Crippen molar-refractivity contribution in [1.82, 2.24) is 25.2 Å². The standard InChI is InChI=1S/C21H23ClFN5O.C16H26ClN3O/c1-13-11-25-17(14(2)20(13)29-3)12-28(19-10-18(22)26-21(24)27-19)9-8-15-4-6-16(23)7-5-15;1-6-7-15(21)20(14(19-5)8-13(17)18)10-12-11(2)9-16(12,3)4/h4-7,10-11H,8-9,12H2,1-3H3,(H2,24,26,27);8,18-19H,6-7,9-10H2,1-5H3/b;14-8+,18-13?. The minimum atomic E-state index is -0.257. The zero-order valence-electron chi connectivity index (χ0n) is 30.3. The number of allylic oxidation sites excluding steroid dienone is 2. The number of halogens is 3. The zero-order chi connectivity index (χ0) is 37.2. The third kappa shape index (κ3) is 10.9. The molecule has 13 heteroatoms. The number of hydrogen-bond acceptors (Lipinski definition) is 9. The van der Waals surface area contributed by atoms with Gasteiger partial charge in [0, 0.05) is 56.0 Å². The highest BCUT2D eigenvalue weighted by atomic mass is 35.5. The van der Waals surface area contributed by atoms with Crippen LogP contribution in [0.4, 0.5) is 16.2 Å². The van der Waals surface area contributed by atoms with E-state index in [0.29, 0.717) is 44.1 Å². The number of benzene rings is 1. The fraction of sp³-hybridized carbons (Fsp3) is 0.432. The van der Waals surface area contributed by atoms with Gasteiger partial charge in [0.05, 0.1) is 19.3 Å². The fourth-order valence-electron chi connectivity index (χ4n) is 6.10.